The Hall–Kier alpha value is -2.11. The van der Waals surface area contributed by atoms with Gasteiger partial charge in [0.2, 0.25) is 11.8 Å². The molecule has 0 bridgehead atoms. The fourth-order valence-electron chi connectivity index (χ4n) is 1.50. The monoisotopic (exact) mass is 222 g/mol. The SMILES string of the molecule is CC1C(=O)NC(=O)CN1C(=O)c1ccco1. The van der Waals surface area contributed by atoms with Crippen molar-refractivity contribution in [2.24, 2.45) is 0 Å². The molecule has 1 saturated heterocycles. The largest absolute Gasteiger partial charge is 0.459 e. The molecule has 1 aromatic rings. The van der Waals surface area contributed by atoms with Gasteiger partial charge in [0.1, 0.15) is 12.6 Å². The van der Waals surface area contributed by atoms with Crippen molar-refractivity contribution in [2.45, 2.75) is 13.0 Å². The van der Waals surface area contributed by atoms with Crippen molar-refractivity contribution in [3.8, 4) is 0 Å². The van der Waals surface area contributed by atoms with Crippen LogP contribution in [0.5, 0.6) is 0 Å². The van der Waals surface area contributed by atoms with Crippen LogP contribution >= 0.6 is 0 Å². The van der Waals surface area contributed by atoms with E-state index in [4.69, 9.17) is 4.42 Å². The second kappa shape index (κ2) is 3.80. The molecule has 2 rings (SSSR count). The molecule has 6 nitrogen and oxygen atoms in total. The molecule has 0 aliphatic carbocycles. The second-order valence-corrected chi connectivity index (χ2v) is 3.50. The van der Waals surface area contributed by atoms with Crippen LogP contribution in [0.4, 0.5) is 0 Å². The molecule has 3 amide bonds. The Balaban J connectivity index is 2.23. The first-order valence-corrected chi connectivity index (χ1v) is 4.78. The zero-order valence-electron chi connectivity index (χ0n) is 8.60. The lowest BCUT2D eigenvalue weighted by atomic mass is 10.2. The Bertz CT molecular complexity index is 438. The topological polar surface area (TPSA) is 79.6 Å². The predicted molar refractivity (Wildman–Crippen MR) is 52.4 cm³/mol. The molecule has 1 aliphatic heterocycles. The second-order valence-electron chi connectivity index (χ2n) is 3.50. The maximum atomic E-state index is 11.9. The van der Waals surface area contributed by atoms with Gasteiger partial charge in [0, 0.05) is 0 Å². The maximum absolute atomic E-state index is 11.9. The van der Waals surface area contributed by atoms with Gasteiger partial charge in [0.05, 0.1) is 6.26 Å². The van der Waals surface area contributed by atoms with E-state index in [0.29, 0.717) is 0 Å². The van der Waals surface area contributed by atoms with Gasteiger partial charge in [-0.05, 0) is 19.1 Å². The molecule has 1 aliphatic rings. The maximum Gasteiger partial charge on any atom is 0.290 e. The molecule has 1 fully saturated rings. The fourth-order valence-corrected chi connectivity index (χ4v) is 1.50. The smallest absolute Gasteiger partial charge is 0.290 e. The lowest BCUT2D eigenvalue weighted by Crippen LogP contribution is -2.58. The van der Waals surface area contributed by atoms with Crippen LogP contribution in [-0.4, -0.2) is 35.2 Å². The van der Waals surface area contributed by atoms with Crippen molar-refractivity contribution in [3.05, 3.63) is 24.2 Å². The summed E-state index contributed by atoms with van der Waals surface area (Å²) in [5.41, 5.74) is 0. The van der Waals surface area contributed by atoms with Crippen LogP contribution in [0.3, 0.4) is 0 Å². The van der Waals surface area contributed by atoms with Crippen molar-refractivity contribution in [3.63, 3.8) is 0 Å². The Morgan fingerprint density at radius 3 is 2.94 bits per heavy atom. The number of piperazine rings is 1. The Morgan fingerprint density at radius 2 is 2.31 bits per heavy atom. The van der Waals surface area contributed by atoms with Crippen LogP contribution in [0.2, 0.25) is 0 Å². The molecule has 0 saturated carbocycles. The average Bonchev–Trinajstić information content (AvgIpc) is 2.75. The average molecular weight is 222 g/mol. The van der Waals surface area contributed by atoms with Gasteiger partial charge in [-0.3, -0.25) is 19.7 Å². The van der Waals surface area contributed by atoms with Crippen LogP contribution < -0.4 is 5.32 Å². The first-order chi connectivity index (χ1) is 7.59. The minimum absolute atomic E-state index is 0.120. The van der Waals surface area contributed by atoms with E-state index < -0.39 is 23.8 Å². The van der Waals surface area contributed by atoms with Crippen molar-refractivity contribution < 1.29 is 18.8 Å². The van der Waals surface area contributed by atoms with Gasteiger partial charge in [-0.15, -0.1) is 0 Å². The van der Waals surface area contributed by atoms with Crippen molar-refractivity contribution in [1.82, 2.24) is 10.2 Å². The van der Waals surface area contributed by atoms with E-state index in [0.717, 1.165) is 0 Å². The highest BCUT2D eigenvalue weighted by molar-refractivity contribution is 6.06. The Labute approximate surface area is 91.2 Å². The van der Waals surface area contributed by atoms with Crippen LogP contribution in [0.15, 0.2) is 22.8 Å². The fraction of sp³-hybridized carbons (Fsp3) is 0.300. The zero-order chi connectivity index (χ0) is 11.7. The lowest BCUT2D eigenvalue weighted by Gasteiger charge is -2.30. The molecular formula is C10H10N2O4. The molecule has 0 aromatic carbocycles. The van der Waals surface area contributed by atoms with Gasteiger partial charge in [-0.25, -0.2) is 0 Å². The molecule has 84 valence electrons. The molecule has 1 atom stereocenters. The summed E-state index contributed by atoms with van der Waals surface area (Å²) in [7, 11) is 0. The third kappa shape index (κ3) is 1.69. The van der Waals surface area contributed by atoms with Crippen LogP contribution in [0.1, 0.15) is 17.5 Å². The minimum atomic E-state index is -0.671. The summed E-state index contributed by atoms with van der Waals surface area (Å²) in [5, 5.41) is 2.16. The van der Waals surface area contributed by atoms with E-state index in [1.54, 1.807) is 13.0 Å². The van der Waals surface area contributed by atoms with Gasteiger partial charge in [-0.2, -0.15) is 0 Å². The van der Waals surface area contributed by atoms with Crippen LogP contribution in [0.25, 0.3) is 0 Å². The van der Waals surface area contributed by atoms with E-state index in [1.165, 1.54) is 17.2 Å². The number of carbonyl (C=O) groups excluding carboxylic acids is 3. The number of rotatable bonds is 1. The molecule has 1 N–H and O–H groups in total. The lowest BCUT2D eigenvalue weighted by molar-refractivity contribution is -0.138. The normalized spacial score (nSPS) is 20.8. The first-order valence-electron chi connectivity index (χ1n) is 4.78. The first kappa shape index (κ1) is 10.4. The van der Waals surface area contributed by atoms with E-state index in [1.807, 2.05) is 0 Å². The van der Waals surface area contributed by atoms with E-state index in [9.17, 15) is 14.4 Å². The molecule has 2 heterocycles. The molecule has 16 heavy (non-hydrogen) atoms. The predicted octanol–water partition coefficient (Wildman–Crippen LogP) is -0.233. The van der Waals surface area contributed by atoms with Crippen molar-refractivity contribution >= 4 is 17.7 Å². The highest BCUT2D eigenvalue weighted by Crippen LogP contribution is 2.11. The Morgan fingerprint density at radius 1 is 1.56 bits per heavy atom. The number of nitrogens with zero attached hydrogens (tertiary/aromatic N) is 1. The molecule has 1 aromatic heterocycles. The number of hydrogen-bond donors (Lipinski definition) is 1. The van der Waals surface area contributed by atoms with Gasteiger partial charge >= 0.3 is 0 Å². The number of nitrogens with one attached hydrogen (secondary N) is 1. The van der Waals surface area contributed by atoms with Crippen LogP contribution in [0, 0.1) is 0 Å². The van der Waals surface area contributed by atoms with E-state index in [-0.39, 0.29) is 12.3 Å². The minimum Gasteiger partial charge on any atom is -0.459 e. The molecular weight excluding hydrogens is 212 g/mol. The summed E-state index contributed by atoms with van der Waals surface area (Å²) in [6, 6.07) is 2.39. The Kier molecular flexibility index (Phi) is 2.47. The molecule has 1 unspecified atom stereocenters. The van der Waals surface area contributed by atoms with Crippen molar-refractivity contribution in [1.29, 1.82) is 0 Å². The summed E-state index contributed by atoms with van der Waals surface area (Å²) in [4.78, 5) is 35.5. The third-order valence-electron chi connectivity index (χ3n) is 2.42. The van der Waals surface area contributed by atoms with Gasteiger partial charge in [-0.1, -0.05) is 0 Å². The molecule has 0 spiro atoms. The van der Waals surface area contributed by atoms with E-state index >= 15 is 0 Å². The summed E-state index contributed by atoms with van der Waals surface area (Å²) in [6.45, 7) is 1.43. The summed E-state index contributed by atoms with van der Waals surface area (Å²) in [6.07, 6.45) is 1.36. The van der Waals surface area contributed by atoms with Crippen molar-refractivity contribution in [2.75, 3.05) is 6.54 Å². The summed E-state index contributed by atoms with van der Waals surface area (Å²) in [5.74, 6) is -1.30. The van der Waals surface area contributed by atoms with Gasteiger partial charge in [0.15, 0.2) is 5.76 Å². The standard InChI is InChI=1S/C10H10N2O4/c1-6-9(14)11-8(13)5-12(6)10(15)7-3-2-4-16-7/h2-4,6H,5H2,1H3,(H,11,13,14). The quantitative estimate of drug-likeness (QED) is 0.665. The highest BCUT2D eigenvalue weighted by Gasteiger charge is 2.34. The van der Waals surface area contributed by atoms with E-state index in [2.05, 4.69) is 5.32 Å². The third-order valence-corrected chi connectivity index (χ3v) is 2.42. The number of imide groups is 1. The molecule has 0 radical (unpaired) electrons. The molecule has 6 heteroatoms. The highest BCUT2D eigenvalue weighted by atomic mass is 16.3. The zero-order valence-corrected chi connectivity index (χ0v) is 8.60. The van der Waals surface area contributed by atoms with Gasteiger partial charge in [0.25, 0.3) is 5.91 Å². The van der Waals surface area contributed by atoms with Crippen LogP contribution in [-0.2, 0) is 9.59 Å². The number of amides is 3. The summed E-state index contributed by atoms with van der Waals surface area (Å²) < 4.78 is 4.93. The number of carbonyl (C=O) groups is 3. The number of furan rings is 1. The number of hydrogen-bond acceptors (Lipinski definition) is 4. The van der Waals surface area contributed by atoms with Gasteiger partial charge < -0.3 is 9.32 Å². The summed E-state index contributed by atoms with van der Waals surface area (Å²) >= 11 is 0.